The van der Waals surface area contributed by atoms with E-state index in [9.17, 15) is 21.6 Å². The fraction of sp³-hybridized carbons (Fsp3) is 0.455. The summed E-state index contributed by atoms with van der Waals surface area (Å²) in [6.07, 6.45) is 0. The Labute approximate surface area is 125 Å². The molecule has 0 fully saturated rings. The zero-order chi connectivity index (χ0) is 16.1. The van der Waals surface area contributed by atoms with Gasteiger partial charge in [-0.15, -0.1) is 0 Å². The van der Waals surface area contributed by atoms with Crippen molar-refractivity contribution in [1.82, 2.24) is 4.72 Å². The van der Waals surface area contributed by atoms with Crippen LogP contribution in [0.5, 0.6) is 0 Å². The van der Waals surface area contributed by atoms with Crippen LogP contribution in [-0.2, 0) is 10.0 Å². The molecule has 0 saturated carbocycles. The Morgan fingerprint density at radius 1 is 1.33 bits per heavy atom. The number of hydrogen-bond acceptors (Lipinski definition) is 5. The Bertz CT molecular complexity index is 577. The summed E-state index contributed by atoms with van der Waals surface area (Å²) in [5.41, 5.74) is 1.93. The molecule has 0 spiro atoms. The molecule has 0 amide bonds. The third-order valence-corrected chi connectivity index (χ3v) is 4.63. The van der Waals surface area contributed by atoms with Crippen molar-refractivity contribution in [3.63, 3.8) is 0 Å². The molecule has 0 aliphatic rings. The highest BCUT2D eigenvalue weighted by Gasteiger charge is 2.27. The van der Waals surface area contributed by atoms with Gasteiger partial charge in [0.15, 0.2) is 0 Å². The number of rotatable bonds is 7. The Balaban J connectivity index is 2.75. The van der Waals surface area contributed by atoms with Gasteiger partial charge in [-0.25, -0.2) is 13.1 Å². The van der Waals surface area contributed by atoms with Gasteiger partial charge in [0.1, 0.15) is 0 Å². The standard InChI is InChI=1S/C11H16F3N3O2S2/c1-2-17-21(18,19)8-3-4-9(15)10(7-8)16-5-6-20-11(12,13)14/h3-4,7,16-17H,2,5-6,15H2,1H3. The normalized spacial score (nSPS) is 12.4. The van der Waals surface area contributed by atoms with E-state index in [2.05, 4.69) is 10.0 Å². The molecule has 10 heteroatoms. The molecule has 5 nitrogen and oxygen atoms in total. The number of alkyl halides is 3. The van der Waals surface area contributed by atoms with Gasteiger partial charge in [0.2, 0.25) is 10.0 Å². The van der Waals surface area contributed by atoms with Crippen LogP contribution in [0.15, 0.2) is 23.1 Å². The van der Waals surface area contributed by atoms with E-state index in [1.807, 2.05) is 0 Å². The number of nitrogen functional groups attached to an aromatic ring is 1. The Hall–Kier alpha value is -1.13. The third-order valence-electron chi connectivity index (χ3n) is 2.35. The van der Waals surface area contributed by atoms with E-state index >= 15 is 0 Å². The van der Waals surface area contributed by atoms with Crippen molar-refractivity contribution in [2.45, 2.75) is 17.3 Å². The number of nitrogens with two attached hydrogens (primary N) is 1. The molecule has 21 heavy (non-hydrogen) atoms. The van der Waals surface area contributed by atoms with Crippen molar-refractivity contribution < 1.29 is 21.6 Å². The molecule has 0 aliphatic heterocycles. The third kappa shape index (κ3) is 6.02. The second-order valence-electron chi connectivity index (χ2n) is 3.97. The fourth-order valence-corrected chi connectivity index (χ4v) is 2.98. The predicted octanol–water partition coefficient (Wildman–Crippen LogP) is 2.23. The molecule has 1 rings (SSSR count). The van der Waals surface area contributed by atoms with Gasteiger partial charge in [-0.05, 0) is 30.0 Å². The highest BCUT2D eigenvalue weighted by atomic mass is 32.2. The van der Waals surface area contributed by atoms with E-state index in [0.717, 1.165) is 0 Å². The van der Waals surface area contributed by atoms with Crippen LogP contribution in [0.1, 0.15) is 6.92 Å². The molecule has 0 unspecified atom stereocenters. The minimum Gasteiger partial charge on any atom is -0.397 e. The summed E-state index contributed by atoms with van der Waals surface area (Å²) in [5.74, 6) is -0.201. The number of hydrogen-bond donors (Lipinski definition) is 3. The maximum Gasteiger partial charge on any atom is 0.441 e. The molecule has 0 saturated heterocycles. The van der Waals surface area contributed by atoms with Gasteiger partial charge in [0.05, 0.1) is 16.3 Å². The molecular weight excluding hydrogens is 327 g/mol. The summed E-state index contributed by atoms with van der Waals surface area (Å²) in [4.78, 5) is 0.00419. The number of anilines is 2. The molecule has 0 aliphatic carbocycles. The summed E-state index contributed by atoms with van der Waals surface area (Å²) in [7, 11) is -3.63. The maximum atomic E-state index is 12.0. The van der Waals surface area contributed by atoms with Gasteiger partial charge < -0.3 is 11.1 Å². The van der Waals surface area contributed by atoms with Gasteiger partial charge in [0.25, 0.3) is 0 Å². The van der Waals surface area contributed by atoms with E-state index in [1.165, 1.54) is 18.2 Å². The van der Waals surface area contributed by atoms with E-state index in [-0.39, 0.29) is 46.9 Å². The van der Waals surface area contributed by atoms with Crippen molar-refractivity contribution in [2.75, 3.05) is 29.9 Å². The van der Waals surface area contributed by atoms with Crippen molar-refractivity contribution in [3.05, 3.63) is 18.2 Å². The average Bonchev–Trinajstić information content (AvgIpc) is 2.35. The number of thioether (sulfide) groups is 1. The minimum atomic E-state index is -4.29. The van der Waals surface area contributed by atoms with Gasteiger partial charge in [-0.3, -0.25) is 0 Å². The molecular formula is C11H16F3N3O2S2. The number of sulfonamides is 1. The summed E-state index contributed by atoms with van der Waals surface area (Å²) < 4.78 is 61.9. The zero-order valence-corrected chi connectivity index (χ0v) is 12.8. The zero-order valence-electron chi connectivity index (χ0n) is 11.2. The summed E-state index contributed by atoms with van der Waals surface area (Å²) in [5, 5.41) is 2.70. The largest absolute Gasteiger partial charge is 0.441 e. The monoisotopic (exact) mass is 343 g/mol. The predicted molar refractivity (Wildman–Crippen MR) is 78.7 cm³/mol. The van der Waals surface area contributed by atoms with Crippen LogP contribution in [0.4, 0.5) is 24.5 Å². The smallest absolute Gasteiger partial charge is 0.397 e. The highest BCUT2D eigenvalue weighted by molar-refractivity contribution is 8.00. The average molecular weight is 343 g/mol. The van der Waals surface area contributed by atoms with E-state index in [0.29, 0.717) is 0 Å². The molecule has 4 N–H and O–H groups in total. The van der Waals surface area contributed by atoms with Crippen LogP contribution in [0.2, 0.25) is 0 Å². The minimum absolute atomic E-state index is 0.00419. The summed E-state index contributed by atoms with van der Waals surface area (Å²) in [6, 6.07) is 4.03. The first-order valence-corrected chi connectivity index (χ1v) is 8.46. The van der Waals surface area contributed by atoms with E-state index < -0.39 is 15.5 Å². The Kier molecular flexibility index (Phi) is 6.17. The topological polar surface area (TPSA) is 84.2 Å². The highest BCUT2D eigenvalue weighted by Crippen LogP contribution is 2.30. The van der Waals surface area contributed by atoms with Gasteiger partial charge in [-0.2, -0.15) is 13.2 Å². The number of benzene rings is 1. The van der Waals surface area contributed by atoms with Crippen LogP contribution in [0.3, 0.4) is 0 Å². The van der Waals surface area contributed by atoms with Crippen LogP contribution in [0, 0.1) is 0 Å². The van der Waals surface area contributed by atoms with Crippen LogP contribution in [0.25, 0.3) is 0 Å². The lowest BCUT2D eigenvalue weighted by molar-refractivity contribution is -0.0327. The molecule has 0 radical (unpaired) electrons. The molecule has 0 bridgehead atoms. The van der Waals surface area contributed by atoms with E-state index in [4.69, 9.17) is 5.73 Å². The SMILES string of the molecule is CCNS(=O)(=O)c1ccc(N)c(NCCSC(F)(F)F)c1. The fourth-order valence-electron chi connectivity index (χ4n) is 1.48. The molecule has 0 aromatic heterocycles. The van der Waals surface area contributed by atoms with Gasteiger partial charge in [-0.1, -0.05) is 6.92 Å². The van der Waals surface area contributed by atoms with Crippen molar-refractivity contribution in [3.8, 4) is 0 Å². The molecule has 1 aromatic carbocycles. The molecule has 0 atom stereocenters. The van der Waals surface area contributed by atoms with Crippen molar-refractivity contribution in [2.24, 2.45) is 0 Å². The first kappa shape index (κ1) is 17.9. The number of nitrogens with one attached hydrogen (secondary N) is 2. The maximum absolute atomic E-state index is 12.0. The first-order chi connectivity index (χ1) is 9.65. The lowest BCUT2D eigenvalue weighted by atomic mass is 10.2. The molecule has 0 heterocycles. The van der Waals surface area contributed by atoms with Crippen LogP contribution in [-0.4, -0.2) is 32.8 Å². The van der Waals surface area contributed by atoms with E-state index in [1.54, 1.807) is 6.92 Å². The van der Waals surface area contributed by atoms with Crippen LogP contribution >= 0.6 is 11.8 Å². The van der Waals surface area contributed by atoms with Crippen LogP contribution < -0.4 is 15.8 Å². The Morgan fingerprint density at radius 3 is 2.57 bits per heavy atom. The van der Waals surface area contributed by atoms with Gasteiger partial charge in [0, 0.05) is 18.8 Å². The second-order valence-corrected chi connectivity index (χ2v) is 6.90. The van der Waals surface area contributed by atoms with Crippen molar-refractivity contribution >= 4 is 33.2 Å². The lowest BCUT2D eigenvalue weighted by Crippen LogP contribution is -2.23. The second kappa shape index (κ2) is 7.23. The molecule has 120 valence electrons. The Morgan fingerprint density at radius 2 is 2.00 bits per heavy atom. The summed E-state index contributed by atoms with van der Waals surface area (Å²) >= 11 is -0.157. The summed E-state index contributed by atoms with van der Waals surface area (Å²) in [6.45, 7) is 1.89. The van der Waals surface area contributed by atoms with Crippen molar-refractivity contribution in [1.29, 1.82) is 0 Å². The lowest BCUT2D eigenvalue weighted by Gasteiger charge is -2.12. The number of halogens is 3. The molecule has 1 aromatic rings. The van der Waals surface area contributed by atoms with Gasteiger partial charge >= 0.3 is 5.51 Å². The quantitative estimate of drug-likeness (QED) is 0.522. The first-order valence-electron chi connectivity index (χ1n) is 5.99.